The second-order valence-electron chi connectivity index (χ2n) is 21.2. The Morgan fingerprint density at radius 3 is 0.938 bits per heavy atom. The number of rotatable bonds is 59. The predicted molar refractivity (Wildman–Crippen MR) is 334 cm³/mol. The molecule has 12 heteroatoms. The van der Waals surface area contributed by atoms with E-state index >= 15 is 0 Å². The molecule has 0 aliphatic rings. The van der Waals surface area contributed by atoms with Crippen molar-refractivity contribution in [1.82, 2.24) is 0 Å². The van der Waals surface area contributed by atoms with Crippen LogP contribution in [-0.2, 0) is 42.2 Å². The SMILES string of the molecule is CCCCC/C=C\C/C=C\C/C=C\CCCCCCCCC(=O)OCC(COP(=O)(O)OCC(CO)OC(=O)CCCCCCC/C=C\C/C=C\CCCCC)OC(=O)CCCCCCCC/C=C\C/C=C\C/C=C\CCCCC. The minimum atomic E-state index is -4.77. The lowest BCUT2D eigenvalue weighted by Gasteiger charge is -2.21. The van der Waals surface area contributed by atoms with Gasteiger partial charge in [-0.3, -0.25) is 23.4 Å². The second-order valence-corrected chi connectivity index (χ2v) is 22.7. The van der Waals surface area contributed by atoms with Crippen LogP contribution in [0.5, 0.6) is 0 Å². The third-order valence-corrected chi connectivity index (χ3v) is 14.4. The molecule has 0 saturated carbocycles. The lowest BCUT2D eigenvalue weighted by molar-refractivity contribution is -0.161. The number of hydrogen-bond donors (Lipinski definition) is 2. The molecule has 0 amide bonds. The van der Waals surface area contributed by atoms with Crippen LogP contribution in [0.15, 0.2) is 97.2 Å². The average molecular weight is 1140 g/mol. The van der Waals surface area contributed by atoms with Crippen molar-refractivity contribution in [3.05, 3.63) is 97.2 Å². The first-order chi connectivity index (χ1) is 39.2. The zero-order valence-electron chi connectivity index (χ0n) is 51.0. The third-order valence-electron chi connectivity index (χ3n) is 13.4. The molecule has 0 aliphatic heterocycles. The molecule has 11 nitrogen and oxygen atoms in total. The minimum absolute atomic E-state index is 0.145. The molecule has 0 heterocycles. The van der Waals surface area contributed by atoms with Crippen molar-refractivity contribution in [3.63, 3.8) is 0 Å². The lowest BCUT2D eigenvalue weighted by Crippen LogP contribution is -2.30. The molecule has 0 radical (unpaired) electrons. The Morgan fingerprint density at radius 1 is 0.350 bits per heavy atom. The van der Waals surface area contributed by atoms with Crippen LogP contribution >= 0.6 is 7.82 Å². The smallest absolute Gasteiger partial charge is 0.462 e. The summed E-state index contributed by atoms with van der Waals surface area (Å²) in [4.78, 5) is 48.8. The van der Waals surface area contributed by atoms with Crippen LogP contribution in [0.1, 0.15) is 278 Å². The Labute approximate surface area is 489 Å². The third kappa shape index (κ3) is 59.0. The standard InChI is InChI=1S/C68H117O11P/c1-4-7-10-13-16-19-22-25-28-30-32-34-37-39-42-45-48-51-54-57-66(70)75-61-65(79-68(72)59-56-53-50-47-44-41-38-35-33-31-29-26-23-20-17-14-11-8-5-2)63-77-80(73,74)76-62-64(60-69)78-67(71)58-55-52-49-46-43-40-36-27-24-21-18-15-12-9-6-3/h16-21,25-29,32-36,64-65,69H,4-15,22-24,30-31,37-63H2,1-3H3,(H,73,74)/b19-16-,20-17-,21-18-,28-25-,29-26-,34-32-,35-33-,36-27-. The molecule has 0 spiro atoms. The Balaban J connectivity index is 4.78. The van der Waals surface area contributed by atoms with E-state index in [0.717, 1.165) is 148 Å². The van der Waals surface area contributed by atoms with E-state index in [2.05, 4.69) is 118 Å². The fourth-order valence-corrected chi connectivity index (χ4v) is 9.30. The van der Waals surface area contributed by atoms with Crippen LogP contribution in [-0.4, -0.2) is 66.5 Å². The zero-order chi connectivity index (χ0) is 58.3. The highest BCUT2D eigenvalue weighted by Crippen LogP contribution is 2.43. The van der Waals surface area contributed by atoms with Gasteiger partial charge < -0.3 is 24.2 Å². The van der Waals surface area contributed by atoms with Gasteiger partial charge in [0.2, 0.25) is 0 Å². The van der Waals surface area contributed by atoms with E-state index in [1.807, 2.05) is 0 Å². The molecule has 3 unspecified atom stereocenters. The number of unbranched alkanes of at least 4 members (excludes halogenated alkanes) is 26. The molecular formula is C68H117O11P. The van der Waals surface area contributed by atoms with Gasteiger partial charge in [0.25, 0.3) is 0 Å². The maximum absolute atomic E-state index is 13.0. The molecular weight excluding hydrogens is 1020 g/mol. The topological polar surface area (TPSA) is 155 Å². The quantitative estimate of drug-likeness (QED) is 0.0197. The van der Waals surface area contributed by atoms with Crippen LogP contribution in [0.4, 0.5) is 0 Å². The van der Waals surface area contributed by atoms with Crippen molar-refractivity contribution < 1.29 is 52.2 Å². The molecule has 0 aromatic rings. The van der Waals surface area contributed by atoms with E-state index in [-0.39, 0.29) is 25.9 Å². The number of phosphoric ester groups is 1. The van der Waals surface area contributed by atoms with Gasteiger partial charge in [-0.05, 0) is 128 Å². The summed E-state index contributed by atoms with van der Waals surface area (Å²) in [7, 11) is -4.77. The molecule has 0 saturated heterocycles. The van der Waals surface area contributed by atoms with Gasteiger partial charge in [0.1, 0.15) is 12.7 Å². The van der Waals surface area contributed by atoms with Crippen molar-refractivity contribution in [2.45, 2.75) is 290 Å². The Bertz CT molecular complexity index is 1710. The molecule has 0 aromatic heterocycles. The molecule has 0 rings (SSSR count). The number of aliphatic hydroxyl groups excluding tert-OH is 1. The van der Waals surface area contributed by atoms with Crippen molar-refractivity contribution in [1.29, 1.82) is 0 Å². The van der Waals surface area contributed by atoms with Gasteiger partial charge in [-0.25, -0.2) is 4.57 Å². The highest BCUT2D eigenvalue weighted by atomic mass is 31.2. The van der Waals surface area contributed by atoms with E-state index < -0.39 is 57.8 Å². The van der Waals surface area contributed by atoms with E-state index in [4.69, 9.17) is 23.3 Å². The van der Waals surface area contributed by atoms with Gasteiger partial charge in [-0.1, -0.05) is 227 Å². The van der Waals surface area contributed by atoms with Crippen molar-refractivity contribution in [2.75, 3.05) is 26.4 Å². The normalized spacial score (nSPS) is 13.9. The maximum atomic E-state index is 13.0. The number of allylic oxidation sites excluding steroid dienone is 16. The highest BCUT2D eigenvalue weighted by molar-refractivity contribution is 7.47. The van der Waals surface area contributed by atoms with Gasteiger partial charge in [-0.2, -0.15) is 0 Å². The predicted octanol–water partition coefficient (Wildman–Crippen LogP) is 19.6. The maximum Gasteiger partial charge on any atom is 0.472 e. The van der Waals surface area contributed by atoms with Crippen LogP contribution in [0.3, 0.4) is 0 Å². The van der Waals surface area contributed by atoms with Gasteiger partial charge in [0.05, 0.1) is 19.8 Å². The number of esters is 3. The summed E-state index contributed by atoms with van der Waals surface area (Å²) >= 11 is 0. The Morgan fingerprint density at radius 2 is 0.613 bits per heavy atom. The highest BCUT2D eigenvalue weighted by Gasteiger charge is 2.28. The first kappa shape index (κ1) is 76.4. The Hall–Kier alpha value is -3.60. The van der Waals surface area contributed by atoms with Gasteiger partial charge in [-0.15, -0.1) is 0 Å². The molecule has 460 valence electrons. The van der Waals surface area contributed by atoms with Crippen LogP contribution in [0.25, 0.3) is 0 Å². The summed E-state index contributed by atoms with van der Waals surface area (Å²) in [6.45, 7) is 4.54. The largest absolute Gasteiger partial charge is 0.472 e. The van der Waals surface area contributed by atoms with E-state index in [0.29, 0.717) is 19.3 Å². The average Bonchev–Trinajstić information content (AvgIpc) is 3.45. The van der Waals surface area contributed by atoms with Crippen molar-refractivity contribution >= 4 is 25.7 Å². The van der Waals surface area contributed by atoms with Gasteiger partial charge in [0.15, 0.2) is 6.10 Å². The van der Waals surface area contributed by atoms with E-state index in [1.165, 1.54) is 70.6 Å². The van der Waals surface area contributed by atoms with Gasteiger partial charge >= 0.3 is 25.7 Å². The number of hydrogen-bond acceptors (Lipinski definition) is 10. The molecule has 0 aliphatic carbocycles. The van der Waals surface area contributed by atoms with Crippen LogP contribution in [0, 0.1) is 0 Å². The number of aliphatic hydroxyl groups is 1. The number of carbonyl (C=O) groups excluding carboxylic acids is 3. The summed E-state index contributed by atoms with van der Waals surface area (Å²) in [6.07, 6.45) is 73.5. The number of phosphoric acid groups is 1. The first-order valence-electron chi connectivity index (χ1n) is 32.1. The summed E-state index contributed by atoms with van der Waals surface area (Å²) < 4.78 is 39.7. The second kappa shape index (κ2) is 61.5. The molecule has 2 N–H and O–H groups in total. The van der Waals surface area contributed by atoms with Crippen LogP contribution in [0.2, 0.25) is 0 Å². The lowest BCUT2D eigenvalue weighted by atomic mass is 10.1. The zero-order valence-corrected chi connectivity index (χ0v) is 51.9. The Kier molecular flexibility index (Phi) is 58.7. The fraction of sp³-hybridized carbons (Fsp3) is 0.721. The number of carbonyl (C=O) groups is 3. The van der Waals surface area contributed by atoms with Crippen molar-refractivity contribution in [3.8, 4) is 0 Å². The van der Waals surface area contributed by atoms with Gasteiger partial charge in [0, 0.05) is 19.3 Å². The molecule has 80 heavy (non-hydrogen) atoms. The summed E-state index contributed by atoms with van der Waals surface area (Å²) in [6, 6.07) is 0. The monoisotopic (exact) mass is 1140 g/mol. The minimum Gasteiger partial charge on any atom is -0.462 e. The van der Waals surface area contributed by atoms with Crippen molar-refractivity contribution in [2.24, 2.45) is 0 Å². The molecule has 0 aromatic carbocycles. The summed E-state index contributed by atoms with van der Waals surface area (Å²) in [5.41, 5.74) is 0. The first-order valence-corrected chi connectivity index (χ1v) is 33.6. The number of ether oxygens (including phenoxy) is 3. The van der Waals surface area contributed by atoms with E-state index in [1.54, 1.807) is 0 Å². The molecule has 3 atom stereocenters. The fourth-order valence-electron chi connectivity index (χ4n) is 8.52. The van der Waals surface area contributed by atoms with E-state index in [9.17, 15) is 28.9 Å². The summed E-state index contributed by atoms with van der Waals surface area (Å²) in [5.74, 6) is -1.51. The molecule has 0 fully saturated rings. The summed E-state index contributed by atoms with van der Waals surface area (Å²) in [5, 5.41) is 9.85. The molecule has 0 bridgehead atoms. The van der Waals surface area contributed by atoms with Crippen LogP contribution < -0.4 is 0 Å².